The number of nitrogens with zero attached hydrogens (tertiary/aromatic N) is 1. The first-order valence-electron chi connectivity index (χ1n) is 7.36. The lowest BCUT2D eigenvalue weighted by Gasteiger charge is -2.06. The van der Waals surface area contributed by atoms with Crippen LogP contribution < -0.4 is 0 Å². The van der Waals surface area contributed by atoms with Gasteiger partial charge in [0.05, 0.1) is 9.82 Å². The molecule has 0 fully saturated rings. The molecule has 0 heterocycles. The molecule has 126 valence electrons. The largest absolute Gasteiger partial charge is 0.293 e. The van der Waals surface area contributed by atoms with Gasteiger partial charge in [0, 0.05) is 17.7 Å². The first-order chi connectivity index (χ1) is 11.9. The topological polar surface area (TPSA) is 94.3 Å². The molecule has 0 unspecified atom stereocenters. The minimum Gasteiger partial charge on any atom is -0.293 e. The second-order valence-corrected chi connectivity index (χ2v) is 7.48. The molecule has 7 heteroatoms. The maximum absolute atomic E-state index is 12.5. The van der Waals surface area contributed by atoms with Crippen LogP contribution >= 0.6 is 0 Å². The fourth-order valence-electron chi connectivity index (χ4n) is 2.47. The fourth-order valence-corrected chi connectivity index (χ4v) is 3.73. The van der Waals surface area contributed by atoms with E-state index in [0.29, 0.717) is 0 Å². The summed E-state index contributed by atoms with van der Waals surface area (Å²) in [6.45, 7) is 0. The molecule has 0 aliphatic rings. The Morgan fingerprint density at radius 2 is 1.56 bits per heavy atom. The highest BCUT2D eigenvalue weighted by Crippen LogP contribution is 2.21. The number of hydrogen-bond acceptors (Lipinski definition) is 5. The van der Waals surface area contributed by atoms with Gasteiger partial charge in [0.25, 0.3) is 5.69 Å². The average Bonchev–Trinajstić information content (AvgIpc) is 2.61. The third-order valence-corrected chi connectivity index (χ3v) is 5.42. The molecule has 0 aliphatic heterocycles. The van der Waals surface area contributed by atoms with Crippen molar-refractivity contribution in [3.8, 4) is 0 Å². The van der Waals surface area contributed by atoms with Crippen molar-refractivity contribution in [2.45, 2.75) is 4.90 Å². The van der Waals surface area contributed by atoms with E-state index in [1.165, 1.54) is 36.4 Å². The Balaban J connectivity index is 1.86. The second-order valence-electron chi connectivity index (χ2n) is 5.50. The molecule has 0 aromatic heterocycles. The van der Waals surface area contributed by atoms with Crippen LogP contribution in [0.3, 0.4) is 0 Å². The number of Topliss-reactive ketones (excluding diaryl/α,β-unsaturated/α-hetero) is 1. The van der Waals surface area contributed by atoms with Crippen LogP contribution in [0.5, 0.6) is 0 Å². The van der Waals surface area contributed by atoms with E-state index < -0.39 is 26.3 Å². The van der Waals surface area contributed by atoms with Crippen LogP contribution in [-0.4, -0.2) is 24.9 Å². The molecular formula is C18H13NO5S. The van der Waals surface area contributed by atoms with Crippen molar-refractivity contribution in [1.82, 2.24) is 0 Å². The van der Waals surface area contributed by atoms with E-state index in [0.717, 1.165) is 10.8 Å². The Kier molecular flexibility index (Phi) is 4.33. The molecule has 0 aliphatic carbocycles. The number of carbonyl (C=O) groups excluding carboxylic acids is 1. The molecule has 6 nitrogen and oxygen atoms in total. The normalized spacial score (nSPS) is 11.4. The SMILES string of the molecule is O=C(CS(=O)(=O)c1ccc2ccccc2c1)c1ccc([N+](=O)[O-])cc1. The van der Waals surface area contributed by atoms with Crippen LogP contribution in [-0.2, 0) is 9.84 Å². The van der Waals surface area contributed by atoms with Crippen LogP contribution in [0, 0.1) is 10.1 Å². The fraction of sp³-hybridized carbons (Fsp3) is 0.0556. The Hall–Kier alpha value is -3.06. The summed E-state index contributed by atoms with van der Waals surface area (Å²) >= 11 is 0. The van der Waals surface area contributed by atoms with E-state index >= 15 is 0 Å². The van der Waals surface area contributed by atoms with E-state index in [1.807, 2.05) is 12.1 Å². The molecule has 0 radical (unpaired) electrons. The van der Waals surface area contributed by atoms with Gasteiger partial charge in [-0.2, -0.15) is 0 Å². The molecule has 3 aromatic rings. The summed E-state index contributed by atoms with van der Waals surface area (Å²) in [6.07, 6.45) is 0. The van der Waals surface area contributed by atoms with Crippen molar-refractivity contribution in [2.75, 3.05) is 5.75 Å². The Morgan fingerprint density at radius 1 is 0.920 bits per heavy atom. The molecule has 0 saturated heterocycles. The van der Waals surface area contributed by atoms with E-state index in [9.17, 15) is 23.3 Å². The Labute approximate surface area is 143 Å². The van der Waals surface area contributed by atoms with Gasteiger partial charge in [-0.15, -0.1) is 0 Å². The maximum Gasteiger partial charge on any atom is 0.269 e. The number of nitro benzene ring substituents is 1. The summed E-state index contributed by atoms with van der Waals surface area (Å²) < 4.78 is 25.0. The van der Waals surface area contributed by atoms with Crippen molar-refractivity contribution >= 4 is 32.1 Å². The highest BCUT2D eigenvalue weighted by molar-refractivity contribution is 7.92. The van der Waals surface area contributed by atoms with Gasteiger partial charge in [0.15, 0.2) is 15.6 Å². The number of hydrogen-bond donors (Lipinski definition) is 0. The molecule has 0 atom stereocenters. The highest BCUT2D eigenvalue weighted by Gasteiger charge is 2.21. The van der Waals surface area contributed by atoms with Crippen LogP contribution in [0.2, 0.25) is 0 Å². The smallest absolute Gasteiger partial charge is 0.269 e. The zero-order valence-corrected chi connectivity index (χ0v) is 13.8. The average molecular weight is 355 g/mol. The molecular weight excluding hydrogens is 342 g/mol. The van der Waals surface area contributed by atoms with Crippen LogP contribution in [0.1, 0.15) is 10.4 Å². The van der Waals surface area contributed by atoms with Gasteiger partial charge in [-0.3, -0.25) is 14.9 Å². The first kappa shape index (κ1) is 16.8. The van der Waals surface area contributed by atoms with Gasteiger partial charge in [0.1, 0.15) is 5.75 Å². The molecule has 0 N–H and O–H groups in total. The van der Waals surface area contributed by atoms with Crippen molar-refractivity contribution in [3.63, 3.8) is 0 Å². The van der Waals surface area contributed by atoms with E-state index in [4.69, 9.17) is 0 Å². The summed E-state index contributed by atoms with van der Waals surface area (Å²) in [7, 11) is -3.81. The monoisotopic (exact) mass is 355 g/mol. The number of fused-ring (bicyclic) bond motifs is 1. The zero-order chi connectivity index (χ0) is 18.0. The number of rotatable bonds is 5. The van der Waals surface area contributed by atoms with Crippen LogP contribution in [0.4, 0.5) is 5.69 Å². The molecule has 0 bridgehead atoms. The standard InChI is InChI=1S/C18H13NO5S/c20-18(14-5-8-16(9-6-14)19(21)22)12-25(23,24)17-10-7-13-3-1-2-4-15(13)11-17/h1-11H,12H2. The number of carbonyl (C=O) groups is 1. The number of ketones is 1. The predicted octanol–water partition coefficient (Wildman–Crippen LogP) is 3.40. The minimum atomic E-state index is -3.81. The number of sulfone groups is 1. The highest BCUT2D eigenvalue weighted by atomic mass is 32.2. The van der Waals surface area contributed by atoms with Crippen LogP contribution in [0.15, 0.2) is 71.6 Å². The lowest BCUT2D eigenvalue weighted by Crippen LogP contribution is -2.16. The molecule has 0 spiro atoms. The lowest BCUT2D eigenvalue weighted by molar-refractivity contribution is -0.384. The summed E-state index contributed by atoms with van der Waals surface area (Å²) in [5, 5.41) is 12.3. The maximum atomic E-state index is 12.5. The number of benzene rings is 3. The third kappa shape index (κ3) is 3.56. The second kappa shape index (κ2) is 6.45. The van der Waals surface area contributed by atoms with E-state index in [-0.39, 0.29) is 16.1 Å². The number of non-ortho nitro benzene ring substituents is 1. The van der Waals surface area contributed by atoms with E-state index in [2.05, 4.69) is 0 Å². The molecule has 3 aromatic carbocycles. The minimum absolute atomic E-state index is 0.0708. The van der Waals surface area contributed by atoms with Gasteiger partial charge in [-0.05, 0) is 35.0 Å². The van der Waals surface area contributed by atoms with Gasteiger partial charge < -0.3 is 0 Å². The van der Waals surface area contributed by atoms with Crippen molar-refractivity contribution < 1.29 is 18.1 Å². The molecule has 25 heavy (non-hydrogen) atoms. The van der Waals surface area contributed by atoms with Gasteiger partial charge in [0.2, 0.25) is 0 Å². The lowest BCUT2D eigenvalue weighted by atomic mass is 10.1. The summed E-state index contributed by atoms with van der Waals surface area (Å²) in [4.78, 5) is 22.3. The van der Waals surface area contributed by atoms with Crippen molar-refractivity contribution in [2.24, 2.45) is 0 Å². The van der Waals surface area contributed by atoms with Gasteiger partial charge >= 0.3 is 0 Å². The number of nitro groups is 1. The van der Waals surface area contributed by atoms with E-state index in [1.54, 1.807) is 18.2 Å². The molecule has 3 rings (SSSR count). The summed E-state index contributed by atoms with van der Waals surface area (Å²) in [5.74, 6) is -1.30. The molecule has 0 saturated carbocycles. The molecule has 0 amide bonds. The van der Waals surface area contributed by atoms with Gasteiger partial charge in [-0.25, -0.2) is 8.42 Å². The van der Waals surface area contributed by atoms with Crippen LogP contribution in [0.25, 0.3) is 10.8 Å². The Bertz CT molecular complexity index is 1070. The zero-order valence-electron chi connectivity index (χ0n) is 13.0. The predicted molar refractivity (Wildman–Crippen MR) is 93.4 cm³/mol. The quantitative estimate of drug-likeness (QED) is 0.397. The van der Waals surface area contributed by atoms with Gasteiger partial charge in [-0.1, -0.05) is 30.3 Å². The van der Waals surface area contributed by atoms with Crippen molar-refractivity contribution in [1.29, 1.82) is 0 Å². The summed E-state index contributed by atoms with van der Waals surface area (Å²) in [6, 6.07) is 16.9. The third-order valence-electron chi connectivity index (χ3n) is 3.80. The Morgan fingerprint density at radius 3 is 2.20 bits per heavy atom. The summed E-state index contributed by atoms with van der Waals surface area (Å²) in [5.41, 5.74) is -0.0381. The first-order valence-corrected chi connectivity index (χ1v) is 9.01. The van der Waals surface area contributed by atoms with Crippen molar-refractivity contribution in [3.05, 3.63) is 82.4 Å².